The maximum Gasteiger partial charge on any atom is 0.277 e. The van der Waals surface area contributed by atoms with Gasteiger partial charge in [-0.05, 0) is 42.1 Å². The van der Waals surface area contributed by atoms with Crippen LogP contribution in [0.5, 0.6) is 0 Å². The number of benzene rings is 1. The number of halogens is 1. The van der Waals surface area contributed by atoms with Crippen molar-refractivity contribution >= 4 is 28.7 Å². The third-order valence-corrected chi connectivity index (χ3v) is 6.47. The highest BCUT2D eigenvalue weighted by Gasteiger charge is 2.42. The zero-order valence-electron chi connectivity index (χ0n) is 16.4. The Kier molecular flexibility index (Phi) is 5.78. The molecular weight excluding hydrogens is 389 g/mol. The maximum absolute atomic E-state index is 13.3. The predicted octanol–water partition coefficient (Wildman–Crippen LogP) is 2.85. The summed E-state index contributed by atoms with van der Waals surface area (Å²) in [5.41, 5.74) is 1.95. The summed E-state index contributed by atoms with van der Waals surface area (Å²) in [6.45, 7) is 6.65. The molecule has 152 valence electrons. The Morgan fingerprint density at radius 2 is 1.72 bits per heavy atom. The van der Waals surface area contributed by atoms with Gasteiger partial charge in [0.15, 0.2) is 0 Å². The number of nitrogens with zero attached hydrogens (tertiary/aromatic N) is 3. The molecule has 2 aliphatic rings. The molecule has 0 atom stereocenters. The van der Waals surface area contributed by atoms with Crippen LogP contribution in [-0.2, 0) is 16.0 Å². The number of amides is 2. The number of hydrogen-bond donors (Lipinski definition) is 0. The van der Waals surface area contributed by atoms with Crippen molar-refractivity contribution in [2.75, 3.05) is 39.3 Å². The molecule has 1 fully saturated rings. The third kappa shape index (κ3) is 3.97. The molecule has 2 aromatic rings. The second kappa shape index (κ2) is 8.47. The molecule has 4 rings (SSSR count). The number of carbonyl (C=O) groups is 2. The summed E-state index contributed by atoms with van der Waals surface area (Å²) in [5, 5.41) is 1.92. The monoisotopic (exact) mass is 413 g/mol. The van der Waals surface area contributed by atoms with Crippen molar-refractivity contribution in [2.24, 2.45) is 0 Å². The van der Waals surface area contributed by atoms with E-state index in [9.17, 15) is 14.0 Å². The van der Waals surface area contributed by atoms with Crippen molar-refractivity contribution in [3.05, 3.63) is 63.7 Å². The van der Waals surface area contributed by atoms with E-state index in [0.717, 1.165) is 43.2 Å². The molecule has 0 radical (unpaired) electrons. The fraction of sp³-hybridized carbons (Fsp3) is 0.364. The van der Waals surface area contributed by atoms with E-state index in [-0.39, 0.29) is 24.2 Å². The van der Waals surface area contributed by atoms with E-state index in [1.165, 1.54) is 28.4 Å². The van der Waals surface area contributed by atoms with E-state index in [1.807, 2.05) is 17.5 Å². The van der Waals surface area contributed by atoms with Gasteiger partial charge < -0.3 is 9.80 Å². The first-order valence-electron chi connectivity index (χ1n) is 9.94. The molecule has 3 heterocycles. The molecule has 0 saturated carbocycles. The largest absolute Gasteiger partial charge is 0.364 e. The average Bonchev–Trinajstić information content (AvgIpc) is 3.34. The smallest absolute Gasteiger partial charge is 0.277 e. The number of hydrogen-bond acceptors (Lipinski definition) is 5. The minimum absolute atomic E-state index is 0.217. The zero-order valence-corrected chi connectivity index (χ0v) is 17.3. The van der Waals surface area contributed by atoms with Gasteiger partial charge in [-0.15, -0.1) is 11.3 Å². The Bertz CT molecular complexity index is 916. The van der Waals surface area contributed by atoms with Crippen LogP contribution in [0.4, 0.5) is 4.39 Å². The Morgan fingerprint density at radius 3 is 2.34 bits per heavy atom. The molecule has 7 heteroatoms. The summed E-state index contributed by atoms with van der Waals surface area (Å²) in [5.74, 6) is -0.741. The van der Waals surface area contributed by atoms with E-state index in [0.29, 0.717) is 17.7 Å². The minimum Gasteiger partial charge on any atom is -0.364 e. The van der Waals surface area contributed by atoms with Crippen molar-refractivity contribution in [1.29, 1.82) is 0 Å². The number of piperazine rings is 1. The van der Waals surface area contributed by atoms with Crippen LogP contribution in [0.2, 0.25) is 0 Å². The molecule has 0 aliphatic carbocycles. The lowest BCUT2D eigenvalue weighted by Crippen LogP contribution is -2.47. The van der Waals surface area contributed by atoms with Gasteiger partial charge in [0.1, 0.15) is 11.5 Å². The number of thiophene rings is 1. The molecule has 0 bridgehead atoms. The van der Waals surface area contributed by atoms with Crippen LogP contribution in [0.15, 0.2) is 47.5 Å². The summed E-state index contributed by atoms with van der Waals surface area (Å²) in [4.78, 5) is 33.1. The number of rotatable bonds is 6. The molecule has 0 N–H and O–H groups in total. The Morgan fingerprint density at radius 1 is 1.00 bits per heavy atom. The van der Waals surface area contributed by atoms with Crippen LogP contribution in [0.25, 0.3) is 5.57 Å². The van der Waals surface area contributed by atoms with E-state index in [2.05, 4.69) is 16.7 Å². The van der Waals surface area contributed by atoms with Crippen LogP contribution in [0.1, 0.15) is 17.4 Å². The first-order valence-corrected chi connectivity index (χ1v) is 10.8. The van der Waals surface area contributed by atoms with Gasteiger partial charge in [0, 0.05) is 37.6 Å². The van der Waals surface area contributed by atoms with Crippen LogP contribution in [-0.4, -0.2) is 65.8 Å². The van der Waals surface area contributed by atoms with Crippen molar-refractivity contribution in [1.82, 2.24) is 14.7 Å². The molecule has 0 unspecified atom stereocenters. The molecular formula is C22H24FN3O2S. The second-order valence-electron chi connectivity index (χ2n) is 7.26. The molecule has 2 aliphatic heterocycles. The summed E-state index contributed by atoms with van der Waals surface area (Å²) in [7, 11) is 0. The summed E-state index contributed by atoms with van der Waals surface area (Å²) < 4.78 is 13.1. The van der Waals surface area contributed by atoms with Crippen molar-refractivity contribution < 1.29 is 14.0 Å². The average molecular weight is 414 g/mol. The molecule has 29 heavy (non-hydrogen) atoms. The van der Waals surface area contributed by atoms with Gasteiger partial charge in [-0.2, -0.15) is 0 Å². The summed E-state index contributed by atoms with van der Waals surface area (Å²) in [6, 6.07) is 9.99. The van der Waals surface area contributed by atoms with Gasteiger partial charge in [-0.3, -0.25) is 14.5 Å². The summed E-state index contributed by atoms with van der Waals surface area (Å²) >= 11 is 1.48. The van der Waals surface area contributed by atoms with Gasteiger partial charge >= 0.3 is 0 Å². The third-order valence-electron chi connectivity index (χ3n) is 5.58. The highest BCUT2D eigenvalue weighted by atomic mass is 32.1. The van der Waals surface area contributed by atoms with E-state index in [4.69, 9.17) is 0 Å². The van der Waals surface area contributed by atoms with Crippen molar-refractivity contribution in [2.45, 2.75) is 13.3 Å². The van der Waals surface area contributed by atoms with Gasteiger partial charge in [0.05, 0.1) is 5.57 Å². The first-order chi connectivity index (χ1) is 14.1. The molecule has 1 aromatic heterocycles. The van der Waals surface area contributed by atoms with Gasteiger partial charge in [0.2, 0.25) is 0 Å². The van der Waals surface area contributed by atoms with Crippen LogP contribution >= 0.6 is 11.3 Å². The van der Waals surface area contributed by atoms with Gasteiger partial charge in [-0.1, -0.05) is 25.1 Å². The second-order valence-corrected chi connectivity index (χ2v) is 8.21. The van der Waals surface area contributed by atoms with Crippen LogP contribution in [0.3, 0.4) is 0 Å². The van der Waals surface area contributed by atoms with Crippen LogP contribution < -0.4 is 0 Å². The molecule has 2 amide bonds. The van der Waals surface area contributed by atoms with Crippen molar-refractivity contribution in [3.63, 3.8) is 0 Å². The van der Waals surface area contributed by atoms with E-state index in [1.54, 1.807) is 12.1 Å². The topological polar surface area (TPSA) is 43.9 Å². The SMILES string of the molecule is CCN1CCN(C2=C(c3cccs3)C(=O)N(CCc3ccc(F)cc3)C2=O)CC1. The maximum atomic E-state index is 13.3. The van der Waals surface area contributed by atoms with Gasteiger partial charge in [0.25, 0.3) is 11.8 Å². The zero-order chi connectivity index (χ0) is 20.4. The van der Waals surface area contributed by atoms with E-state index >= 15 is 0 Å². The lowest BCUT2D eigenvalue weighted by Gasteiger charge is -2.35. The molecule has 1 saturated heterocycles. The Hall–Kier alpha value is -2.51. The predicted molar refractivity (Wildman–Crippen MR) is 112 cm³/mol. The number of imide groups is 1. The number of carbonyl (C=O) groups excluding carboxylic acids is 2. The number of likely N-dealkylation sites (N-methyl/N-ethyl adjacent to an activating group) is 1. The summed E-state index contributed by atoms with van der Waals surface area (Å²) in [6.07, 6.45) is 0.506. The lowest BCUT2D eigenvalue weighted by molar-refractivity contribution is -0.137. The Labute approximate surface area is 174 Å². The first kappa shape index (κ1) is 19.8. The quantitative estimate of drug-likeness (QED) is 0.683. The molecule has 1 aromatic carbocycles. The normalized spacial score (nSPS) is 18.3. The minimum atomic E-state index is -0.294. The van der Waals surface area contributed by atoms with Crippen LogP contribution in [0, 0.1) is 5.82 Å². The molecule has 0 spiro atoms. The fourth-order valence-electron chi connectivity index (χ4n) is 3.88. The van der Waals surface area contributed by atoms with Gasteiger partial charge in [-0.25, -0.2) is 4.39 Å². The highest BCUT2D eigenvalue weighted by Crippen LogP contribution is 2.34. The Balaban J connectivity index is 1.57. The fourth-order valence-corrected chi connectivity index (χ4v) is 4.65. The lowest BCUT2D eigenvalue weighted by atomic mass is 10.1. The van der Waals surface area contributed by atoms with Crippen molar-refractivity contribution in [3.8, 4) is 0 Å². The van der Waals surface area contributed by atoms with E-state index < -0.39 is 0 Å². The standard InChI is InChI=1S/C22H24FN3O2S/c1-2-24-11-13-25(14-12-24)20-19(18-4-3-15-29-18)21(27)26(22(20)28)10-9-16-5-7-17(23)8-6-16/h3-8,15H,2,9-14H2,1H3. The molecule has 5 nitrogen and oxygen atoms in total. The highest BCUT2D eigenvalue weighted by molar-refractivity contribution is 7.11.